The zero-order chi connectivity index (χ0) is 20.6. The predicted molar refractivity (Wildman–Crippen MR) is 100 cm³/mol. The molecular weight excluding hydrogens is 431 g/mol. The van der Waals surface area contributed by atoms with Gasteiger partial charge in [0.25, 0.3) is 10.1 Å². The third kappa shape index (κ3) is 4.77. The largest absolute Gasteiger partial charge is 1.00 e. The number of halogens is 1. The number of benzene rings is 3. The summed E-state index contributed by atoms with van der Waals surface area (Å²) in [6.45, 7) is 1.54. The van der Waals surface area contributed by atoms with Gasteiger partial charge >= 0.3 is 29.6 Å². The van der Waals surface area contributed by atoms with E-state index in [4.69, 9.17) is 11.6 Å². The molecule has 0 saturated heterocycles. The summed E-state index contributed by atoms with van der Waals surface area (Å²) in [5.41, 5.74) is -0.583. The average Bonchev–Trinajstić information content (AvgIpc) is 2.61. The van der Waals surface area contributed by atoms with Gasteiger partial charge in [-0.2, -0.15) is 8.42 Å². The second-order valence-corrected chi connectivity index (χ2v) is 7.67. The van der Waals surface area contributed by atoms with E-state index in [1.165, 1.54) is 12.1 Å². The molecule has 8 nitrogen and oxygen atoms in total. The van der Waals surface area contributed by atoms with E-state index in [2.05, 4.69) is 10.2 Å². The number of carbonyl (C=O) groups is 1. The van der Waals surface area contributed by atoms with E-state index in [1.54, 1.807) is 31.2 Å². The van der Waals surface area contributed by atoms with Gasteiger partial charge in [-0.05, 0) is 36.1 Å². The van der Waals surface area contributed by atoms with Gasteiger partial charge in [-0.1, -0.05) is 35.9 Å². The van der Waals surface area contributed by atoms with Crippen molar-refractivity contribution >= 4 is 49.8 Å². The van der Waals surface area contributed by atoms with Gasteiger partial charge in [-0.3, -0.25) is 4.55 Å². The van der Waals surface area contributed by atoms with E-state index < -0.39 is 32.3 Å². The zero-order valence-electron chi connectivity index (χ0n) is 15.2. The Labute approximate surface area is 192 Å². The van der Waals surface area contributed by atoms with Crippen LogP contribution in [-0.4, -0.2) is 24.0 Å². The van der Waals surface area contributed by atoms with Gasteiger partial charge in [-0.25, -0.2) is 0 Å². The molecule has 0 atom stereocenters. The summed E-state index contributed by atoms with van der Waals surface area (Å²) >= 11 is 6.00. The maximum atomic E-state index is 11.6. The SMILES string of the molecule is Cc1cc(S(=O)(=O)O)c(N=Nc2c(O)c(C(=O)[O-])cc3ccccc23)cc1Cl.[Na+]. The minimum atomic E-state index is -4.63. The molecule has 3 aromatic carbocycles. The molecule has 0 aliphatic heterocycles. The molecule has 0 radical (unpaired) electrons. The fourth-order valence-corrected chi connectivity index (χ4v) is 3.46. The zero-order valence-corrected chi connectivity index (χ0v) is 18.8. The molecule has 0 aromatic heterocycles. The smallest absolute Gasteiger partial charge is 0.545 e. The van der Waals surface area contributed by atoms with Crippen LogP contribution in [0.2, 0.25) is 5.02 Å². The molecule has 144 valence electrons. The van der Waals surface area contributed by atoms with Gasteiger partial charge in [-0.15, -0.1) is 10.2 Å². The summed E-state index contributed by atoms with van der Waals surface area (Å²) in [6, 6.07) is 10.0. The van der Waals surface area contributed by atoms with Crippen molar-refractivity contribution in [3.05, 3.63) is 58.6 Å². The molecule has 0 spiro atoms. The molecule has 0 heterocycles. The van der Waals surface area contributed by atoms with Crippen LogP contribution in [0.15, 0.2) is 57.6 Å². The van der Waals surface area contributed by atoms with E-state index in [-0.39, 0.29) is 46.0 Å². The maximum absolute atomic E-state index is 11.6. The monoisotopic (exact) mass is 442 g/mol. The molecule has 0 aliphatic rings. The number of nitrogens with zero attached hydrogens (tertiary/aromatic N) is 2. The first-order chi connectivity index (χ1) is 13.1. The number of carboxylic acids is 1. The summed E-state index contributed by atoms with van der Waals surface area (Å²) in [5.74, 6) is -2.30. The van der Waals surface area contributed by atoms with Gasteiger partial charge in [0.05, 0.1) is 5.97 Å². The van der Waals surface area contributed by atoms with E-state index in [0.29, 0.717) is 16.3 Å². The number of carboxylic acid groups (broad SMARTS) is 1. The number of aryl methyl sites for hydroxylation is 1. The molecule has 11 heteroatoms. The Hall–Kier alpha value is -2.01. The number of phenols is 1. The summed E-state index contributed by atoms with van der Waals surface area (Å²) < 4.78 is 32.7. The van der Waals surface area contributed by atoms with Crippen molar-refractivity contribution in [2.45, 2.75) is 11.8 Å². The molecular formula is C18H12ClN2NaO6S. The Morgan fingerprint density at radius 1 is 1.14 bits per heavy atom. The number of carbonyl (C=O) groups excluding carboxylic acids is 1. The second kappa shape index (κ2) is 8.78. The second-order valence-electron chi connectivity index (χ2n) is 5.87. The number of aromatic hydroxyl groups is 1. The number of hydrogen-bond acceptors (Lipinski definition) is 7. The predicted octanol–water partition coefficient (Wildman–Crippen LogP) is 0.537. The molecule has 0 amide bonds. The van der Waals surface area contributed by atoms with Crippen LogP contribution in [0.1, 0.15) is 15.9 Å². The first-order valence-corrected chi connectivity index (χ1v) is 9.57. The van der Waals surface area contributed by atoms with Gasteiger partial charge < -0.3 is 15.0 Å². The Kier molecular flexibility index (Phi) is 7.05. The normalized spacial score (nSPS) is 11.6. The first kappa shape index (κ1) is 23.3. The van der Waals surface area contributed by atoms with Gasteiger partial charge in [0, 0.05) is 16.0 Å². The third-order valence-electron chi connectivity index (χ3n) is 3.99. The Morgan fingerprint density at radius 3 is 2.41 bits per heavy atom. The van der Waals surface area contributed by atoms with Crippen LogP contribution in [-0.2, 0) is 10.1 Å². The standard InChI is InChI=1S/C18H13ClN2O6S.Na/c1-9-6-15(28(25,26)27)14(8-13(9)19)20-21-16-11-5-3-2-4-10(11)7-12(17(16)22)18(23)24;/h2-8,22H,1H3,(H,23,24)(H,25,26,27);/q;+1/p-1. The molecule has 0 saturated carbocycles. The fraction of sp³-hybridized carbons (Fsp3) is 0.0556. The molecule has 0 fully saturated rings. The van der Waals surface area contributed by atoms with Crippen molar-refractivity contribution < 1.29 is 57.5 Å². The van der Waals surface area contributed by atoms with Gasteiger partial charge in [0.1, 0.15) is 16.3 Å². The third-order valence-corrected chi connectivity index (χ3v) is 5.28. The van der Waals surface area contributed by atoms with Crippen LogP contribution in [0.3, 0.4) is 0 Å². The Bertz CT molecular complexity index is 1260. The number of fused-ring (bicyclic) bond motifs is 1. The number of rotatable bonds is 4. The van der Waals surface area contributed by atoms with Gasteiger partial charge in [0.2, 0.25) is 0 Å². The minimum Gasteiger partial charge on any atom is -0.545 e. The molecule has 0 aliphatic carbocycles. The van der Waals surface area contributed by atoms with Crippen molar-refractivity contribution in [3.8, 4) is 5.75 Å². The maximum Gasteiger partial charge on any atom is 1.00 e. The van der Waals surface area contributed by atoms with Crippen LogP contribution < -0.4 is 34.7 Å². The van der Waals surface area contributed by atoms with Crippen LogP contribution in [0.5, 0.6) is 5.75 Å². The molecule has 3 rings (SSSR count). The van der Waals surface area contributed by atoms with Crippen LogP contribution >= 0.6 is 11.6 Å². The van der Waals surface area contributed by atoms with E-state index in [9.17, 15) is 28.0 Å². The molecule has 0 unspecified atom stereocenters. The number of aromatic carboxylic acids is 1. The van der Waals surface area contributed by atoms with E-state index in [1.807, 2.05) is 0 Å². The Morgan fingerprint density at radius 2 is 1.79 bits per heavy atom. The van der Waals surface area contributed by atoms with Crippen molar-refractivity contribution in [1.82, 2.24) is 0 Å². The molecule has 2 N–H and O–H groups in total. The fourth-order valence-electron chi connectivity index (χ4n) is 2.61. The van der Waals surface area contributed by atoms with Crippen molar-refractivity contribution in [1.29, 1.82) is 0 Å². The van der Waals surface area contributed by atoms with E-state index in [0.717, 1.165) is 6.07 Å². The molecule has 3 aromatic rings. The quantitative estimate of drug-likeness (QED) is 0.343. The van der Waals surface area contributed by atoms with Crippen molar-refractivity contribution in [3.63, 3.8) is 0 Å². The van der Waals surface area contributed by atoms with Crippen LogP contribution in [0, 0.1) is 6.92 Å². The summed E-state index contributed by atoms with van der Waals surface area (Å²) in [6.07, 6.45) is 0. The summed E-state index contributed by atoms with van der Waals surface area (Å²) in [5, 5.41) is 30.2. The van der Waals surface area contributed by atoms with Crippen LogP contribution in [0.25, 0.3) is 10.8 Å². The first-order valence-electron chi connectivity index (χ1n) is 7.75. The van der Waals surface area contributed by atoms with Gasteiger partial charge in [0.15, 0.2) is 5.75 Å². The van der Waals surface area contributed by atoms with Crippen molar-refractivity contribution in [2.24, 2.45) is 10.2 Å². The molecule has 29 heavy (non-hydrogen) atoms. The Balaban J connectivity index is 0.00000300. The van der Waals surface area contributed by atoms with E-state index >= 15 is 0 Å². The topological polar surface area (TPSA) is 139 Å². The molecule has 0 bridgehead atoms. The average molecular weight is 443 g/mol. The number of azo groups is 1. The summed E-state index contributed by atoms with van der Waals surface area (Å²) in [4.78, 5) is 10.8. The summed E-state index contributed by atoms with van der Waals surface area (Å²) in [7, 11) is -4.63. The minimum absolute atomic E-state index is 0. The van der Waals surface area contributed by atoms with Crippen LogP contribution in [0.4, 0.5) is 11.4 Å². The van der Waals surface area contributed by atoms with Crippen molar-refractivity contribution in [2.75, 3.05) is 0 Å². The number of hydrogen-bond donors (Lipinski definition) is 2.